The molecule has 2 saturated heterocycles. The molecule has 2 fully saturated rings. The fraction of sp³-hybridized carbons (Fsp3) is 0.941. The smallest absolute Gasteiger partial charge is 0.194 e. The van der Waals surface area contributed by atoms with Gasteiger partial charge in [-0.1, -0.05) is 0 Å². The average molecular weight is 454 g/mol. The van der Waals surface area contributed by atoms with Crippen molar-refractivity contribution in [2.75, 3.05) is 45.9 Å². The zero-order valence-corrected chi connectivity index (χ0v) is 18.0. The van der Waals surface area contributed by atoms with E-state index in [4.69, 9.17) is 14.5 Å². The van der Waals surface area contributed by atoms with E-state index < -0.39 is 0 Å². The minimum absolute atomic E-state index is 0. The van der Waals surface area contributed by atoms with Crippen LogP contribution < -0.4 is 10.6 Å². The van der Waals surface area contributed by atoms with Crippen molar-refractivity contribution in [2.24, 2.45) is 4.99 Å². The minimum Gasteiger partial charge on any atom is -0.375 e. The molecule has 6 nitrogen and oxygen atoms in total. The molecule has 0 bridgehead atoms. The van der Waals surface area contributed by atoms with Crippen LogP contribution in [-0.4, -0.2) is 74.5 Å². The average Bonchev–Trinajstić information content (AvgIpc) is 3.04. The number of nitrogens with one attached hydrogen (secondary N) is 2. The molecule has 0 aliphatic carbocycles. The monoisotopic (exact) mass is 454 g/mol. The number of guanidine groups is 1. The van der Waals surface area contributed by atoms with E-state index in [-0.39, 0.29) is 41.7 Å². The first kappa shape index (κ1) is 21.9. The Hall–Kier alpha value is -0.120. The summed E-state index contributed by atoms with van der Waals surface area (Å²) in [6, 6.07) is 0. The first-order valence-corrected chi connectivity index (χ1v) is 9.01. The van der Waals surface area contributed by atoms with Gasteiger partial charge in [-0.3, -0.25) is 4.99 Å². The van der Waals surface area contributed by atoms with Crippen molar-refractivity contribution in [3.63, 3.8) is 0 Å². The molecule has 0 spiro atoms. The molecule has 2 rings (SSSR count). The Bertz CT molecular complexity index is 381. The number of nitrogens with zero attached hydrogens (tertiary/aromatic N) is 2. The van der Waals surface area contributed by atoms with E-state index >= 15 is 0 Å². The zero-order valence-electron chi connectivity index (χ0n) is 15.6. The Balaban J connectivity index is 0.00000288. The Morgan fingerprint density at radius 2 is 1.96 bits per heavy atom. The molecule has 2 heterocycles. The second-order valence-electron chi connectivity index (χ2n) is 7.32. The maximum Gasteiger partial charge on any atom is 0.194 e. The predicted octanol–water partition coefficient (Wildman–Crippen LogP) is 1.84. The van der Waals surface area contributed by atoms with Crippen LogP contribution in [0.2, 0.25) is 0 Å². The third-order valence-corrected chi connectivity index (χ3v) is 4.14. The van der Waals surface area contributed by atoms with E-state index in [0.29, 0.717) is 0 Å². The van der Waals surface area contributed by atoms with Crippen LogP contribution in [0.5, 0.6) is 0 Å². The van der Waals surface area contributed by atoms with Crippen molar-refractivity contribution in [1.29, 1.82) is 0 Å². The molecule has 24 heavy (non-hydrogen) atoms. The van der Waals surface area contributed by atoms with Gasteiger partial charge in [0.2, 0.25) is 0 Å². The lowest BCUT2D eigenvalue weighted by molar-refractivity contribution is -0.0817. The summed E-state index contributed by atoms with van der Waals surface area (Å²) in [4.78, 5) is 7.09. The number of halogens is 1. The highest BCUT2D eigenvalue weighted by Gasteiger charge is 2.32. The van der Waals surface area contributed by atoms with E-state index in [0.717, 1.165) is 64.7 Å². The molecule has 0 amide bonds. The summed E-state index contributed by atoms with van der Waals surface area (Å²) in [5.41, 5.74) is 0.137. The van der Waals surface area contributed by atoms with Gasteiger partial charge in [0, 0.05) is 38.3 Å². The van der Waals surface area contributed by atoms with Gasteiger partial charge in [-0.05, 0) is 40.5 Å². The number of rotatable bonds is 5. The molecule has 2 atom stereocenters. The maximum atomic E-state index is 5.93. The SMILES string of the molecule is CCNC(=NCCNC(C)(C)C)N1CCOC(C2CCCO2)C1.I. The van der Waals surface area contributed by atoms with Crippen molar-refractivity contribution >= 4 is 29.9 Å². The van der Waals surface area contributed by atoms with Gasteiger partial charge in [0.1, 0.15) is 6.10 Å². The van der Waals surface area contributed by atoms with Gasteiger partial charge < -0.3 is 25.0 Å². The Morgan fingerprint density at radius 3 is 2.58 bits per heavy atom. The van der Waals surface area contributed by atoms with Crippen molar-refractivity contribution in [2.45, 2.75) is 58.3 Å². The van der Waals surface area contributed by atoms with Gasteiger partial charge in [-0.15, -0.1) is 24.0 Å². The summed E-state index contributed by atoms with van der Waals surface area (Å²) in [6.07, 6.45) is 2.69. The highest BCUT2D eigenvalue weighted by Crippen LogP contribution is 2.21. The summed E-state index contributed by atoms with van der Waals surface area (Å²) < 4.78 is 11.7. The van der Waals surface area contributed by atoms with E-state index in [2.05, 4.69) is 43.2 Å². The predicted molar refractivity (Wildman–Crippen MR) is 109 cm³/mol. The van der Waals surface area contributed by atoms with E-state index in [1.165, 1.54) is 0 Å². The van der Waals surface area contributed by atoms with Gasteiger partial charge >= 0.3 is 0 Å². The molecule has 2 N–H and O–H groups in total. The van der Waals surface area contributed by atoms with Crippen molar-refractivity contribution < 1.29 is 9.47 Å². The van der Waals surface area contributed by atoms with Crippen LogP contribution in [0.15, 0.2) is 4.99 Å². The van der Waals surface area contributed by atoms with E-state index in [9.17, 15) is 0 Å². The number of morpholine rings is 1. The molecule has 0 radical (unpaired) electrons. The largest absolute Gasteiger partial charge is 0.375 e. The van der Waals surface area contributed by atoms with E-state index in [1.54, 1.807) is 0 Å². The van der Waals surface area contributed by atoms with Crippen LogP contribution in [0, 0.1) is 0 Å². The van der Waals surface area contributed by atoms with Crippen LogP contribution in [0.1, 0.15) is 40.5 Å². The van der Waals surface area contributed by atoms with E-state index in [1.807, 2.05) is 0 Å². The Morgan fingerprint density at radius 1 is 1.21 bits per heavy atom. The molecule has 142 valence electrons. The molecule has 0 aromatic rings. The molecule has 0 aromatic heterocycles. The summed E-state index contributed by atoms with van der Waals surface area (Å²) in [6.45, 7) is 14.6. The van der Waals surface area contributed by atoms with Crippen LogP contribution in [-0.2, 0) is 9.47 Å². The minimum atomic E-state index is 0. The second kappa shape index (κ2) is 10.8. The van der Waals surface area contributed by atoms with Crippen LogP contribution in [0.4, 0.5) is 0 Å². The van der Waals surface area contributed by atoms with Crippen LogP contribution >= 0.6 is 24.0 Å². The topological polar surface area (TPSA) is 58.1 Å². The Labute approximate surface area is 164 Å². The highest BCUT2D eigenvalue weighted by atomic mass is 127. The molecular formula is C17H35IN4O2. The lowest BCUT2D eigenvalue weighted by Crippen LogP contribution is -2.53. The van der Waals surface area contributed by atoms with Crippen molar-refractivity contribution in [3.05, 3.63) is 0 Å². The zero-order chi connectivity index (χ0) is 16.7. The standard InChI is InChI=1S/C17H34N4O2.HI/c1-5-18-16(19-8-9-20-17(2,3)4)21-10-12-23-15(13-21)14-7-6-11-22-14;/h14-15,20H,5-13H2,1-4H3,(H,18,19);1H. The molecule has 2 aliphatic rings. The van der Waals surface area contributed by atoms with Gasteiger partial charge in [-0.25, -0.2) is 0 Å². The summed E-state index contributed by atoms with van der Waals surface area (Å²) in [5, 5.41) is 6.89. The third-order valence-electron chi connectivity index (χ3n) is 4.14. The number of hydrogen-bond acceptors (Lipinski definition) is 4. The molecule has 7 heteroatoms. The number of ether oxygens (including phenoxy) is 2. The lowest BCUT2D eigenvalue weighted by Gasteiger charge is -2.37. The summed E-state index contributed by atoms with van der Waals surface area (Å²) in [7, 11) is 0. The Kier molecular flexibility index (Phi) is 9.84. The maximum absolute atomic E-state index is 5.93. The quantitative estimate of drug-likeness (QED) is 0.288. The lowest BCUT2D eigenvalue weighted by atomic mass is 10.1. The normalized spacial score (nSPS) is 25.5. The first-order chi connectivity index (χ1) is 11.0. The van der Waals surface area contributed by atoms with Gasteiger partial charge in [0.15, 0.2) is 5.96 Å². The summed E-state index contributed by atoms with van der Waals surface area (Å²) >= 11 is 0. The molecule has 0 aromatic carbocycles. The molecule has 2 aliphatic heterocycles. The van der Waals surface area contributed by atoms with Gasteiger partial charge in [0.05, 0.1) is 19.3 Å². The highest BCUT2D eigenvalue weighted by molar-refractivity contribution is 14.0. The first-order valence-electron chi connectivity index (χ1n) is 9.01. The van der Waals surface area contributed by atoms with Gasteiger partial charge in [0.25, 0.3) is 0 Å². The molecule has 2 unspecified atom stereocenters. The number of aliphatic imine (C=N–C) groups is 1. The third kappa shape index (κ3) is 7.41. The van der Waals surface area contributed by atoms with Gasteiger partial charge in [-0.2, -0.15) is 0 Å². The molecular weight excluding hydrogens is 419 g/mol. The van der Waals surface area contributed by atoms with Crippen LogP contribution in [0.3, 0.4) is 0 Å². The van der Waals surface area contributed by atoms with Crippen molar-refractivity contribution in [1.82, 2.24) is 15.5 Å². The molecule has 0 saturated carbocycles. The fourth-order valence-corrected chi connectivity index (χ4v) is 3.01. The number of hydrogen-bond donors (Lipinski definition) is 2. The summed E-state index contributed by atoms with van der Waals surface area (Å²) in [5.74, 6) is 0.995. The van der Waals surface area contributed by atoms with Crippen LogP contribution in [0.25, 0.3) is 0 Å². The second-order valence-corrected chi connectivity index (χ2v) is 7.32. The van der Waals surface area contributed by atoms with Crippen molar-refractivity contribution in [3.8, 4) is 0 Å². The fourth-order valence-electron chi connectivity index (χ4n) is 3.01.